The molecule has 0 aliphatic rings. The van der Waals surface area contributed by atoms with Crippen LogP contribution in [-0.2, 0) is 4.79 Å². The molecule has 0 radical (unpaired) electrons. The second-order valence-corrected chi connectivity index (χ2v) is 4.82. The van der Waals surface area contributed by atoms with E-state index in [9.17, 15) is 4.79 Å². The molecule has 88 valence electrons. The van der Waals surface area contributed by atoms with Crippen LogP contribution in [0.3, 0.4) is 0 Å². The minimum atomic E-state index is -0.908. The lowest BCUT2D eigenvalue weighted by atomic mass is 9.95. The number of hydrogen-bond donors (Lipinski definition) is 1. The summed E-state index contributed by atoms with van der Waals surface area (Å²) < 4.78 is 5.48. The Morgan fingerprint density at radius 3 is 2.69 bits per heavy atom. The van der Waals surface area contributed by atoms with Gasteiger partial charge < -0.3 is 9.84 Å². The van der Waals surface area contributed by atoms with E-state index in [0.29, 0.717) is 10.8 Å². The Labute approximate surface area is 100.0 Å². The first kappa shape index (κ1) is 12.8. The average molecular weight is 243 g/mol. The maximum Gasteiger partial charge on any atom is 0.312 e. The zero-order valence-electron chi connectivity index (χ0n) is 9.58. The number of carboxylic acids is 1. The monoisotopic (exact) mass is 242 g/mol. The van der Waals surface area contributed by atoms with Crippen LogP contribution < -0.4 is 4.74 Å². The number of carboxylic acid groups (broad SMARTS) is 1. The van der Waals surface area contributed by atoms with Gasteiger partial charge >= 0.3 is 5.97 Å². The second-order valence-electron chi connectivity index (χ2n) is 4.39. The largest absolute Gasteiger partial charge is 0.492 e. The predicted octanol–water partition coefficient (Wildman–Crippen LogP) is 3.14. The molecule has 0 amide bonds. The van der Waals surface area contributed by atoms with Crippen molar-refractivity contribution < 1.29 is 14.6 Å². The van der Waals surface area contributed by atoms with Crippen LogP contribution in [-0.4, -0.2) is 17.7 Å². The van der Waals surface area contributed by atoms with Crippen molar-refractivity contribution in [1.82, 2.24) is 0 Å². The highest BCUT2D eigenvalue weighted by atomic mass is 35.5. The number of hydrogen-bond acceptors (Lipinski definition) is 2. The summed E-state index contributed by atoms with van der Waals surface area (Å²) in [5, 5.41) is 9.51. The summed E-state index contributed by atoms with van der Waals surface area (Å²) in [4.78, 5) is 10.9. The van der Waals surface area contributed by atoms with Crippen molar-refractivity contribution in [3.8, 4) is 5.75 Å². The van der Waals surface area contributed by atoms with Crippen LogP contribution in [0.5, 0.6) is 5.75 Å². The number of aryl methyl sites for hydroxylation is 1. The summed E-state index contributed by atoms with van der Waals surface area (Å²) in [6, 6.07) is 5.30. The summed E-state index contributed by atoms with van der Waals surface area (Å²) >= 11 is 5.83. The van der Waals surface area contributed by atoms with Gasteiger partial charge in [0.15, 0.2) is 0 Å². The third kappa shape index (κ3) is 3.14. The van der Waals surface area contributed by atoms with Gasteiger partial charge in [0, 0.05) is 5.02 Å². The molecule has 0 fully saturated rings. The molecule has 0 heterocycles. The van der Waals surface area contributed by atoms with Crippen molar-refractivity contribution in [3.63, 3.8) is 0 Å². The van der Waals surface area contributed by atoms with Crippen LogP contribution in [0.25, 0.3) is 0 Å². The van der Waals surface area contributed by atoms with Crippen molar-refractivity contribution in [2.24, 2.45) is 5.41 Å². The summed E-state index contributed by atoms with van der Waals surface area (Å²) in [6.07, 6.45) is 0. The highest BCUT2D eigenvalue weighted by Crippen LogP contribution is 2.25. The third-order valence-corrected chi connectivity index (χ3v) is 2.55. The Balaban J connectivity index is 2.75. The molecule has 1 aromatic carbocycles. The molecule has 4 heteroatoms. The Hall–Kier alpha value is -1.22. The first-order valence-electron chi connectivity index (χ1n) is 4.95. The van der Waals surface area contributed by atoms with Crippen molar-refractivity contribution in [3.05, 3.63) is 28.8 Å². The van der Waals surface area contributed by atoms with E-state index in [1.807, 2.05) is 13.0 Å². The molecule has 0 saturated carbocycles. The minimum absolute atomic E-state index is 0.115. The molecule has 0 atom stereocenters. The maximum atomic E-state index is 10.9. The molecule has 1 rings (SSSR count). The molecule has 0 saturated heterocycles. The molecule has 16 heavy (non-hydrogen) atoms. The molecule has 1 N–H and O–H groups in total. The Bertz CT molecular complexity index is 399. The molecule has 0 aromatic heterocycles. The van der Waals surface area contributed by atoms with Gasteiger partial charge in [-0.3, -0.25) is 4.79 Å². The fraction of sp³-hybridized carbons (Fsp3) is 0.417. The van der Waals surface area contributed by atoms with Gasteiger partial charge in [-0.05, 0) is 38.5 Å². The second kappa shape index (κ2) is 4.74. The van der Waals surface area contributed by atoms with Gasteiger partial charge in [-0.25, -0.2) is 0 Å². The Kier molecular flexibility index (Phi) is 3.81. The van der Waals surface area contributed by atoms with E-state index >= 15 is 0 Å². The Morgan fingerprint density at radius 1 is 1.50 bits per heavy atom. The van der Waals surface area contributed by atoms with Crippen molar-refractivity contribution in [1.29, 1.82) is 0 Å². The number of halogens is 1. The number of ether oxygens (including phenoxy) is 1. The van der Waals surface area contributed by atoms with Crippen LogP contribution in [0.2, 0.25) is 5.02 Å². The Morgan fingerprint density at radius 2 is 2.12 bits per heavy atom. The average Bonchev–Trinajstić information content (AvgIpc) is 2.19. The minimum Gasteiger partial charge on any atom is -0.492 e. The van der Waals surface area contributed by atoms with Gasteiger partial charge in [-0.15, -0.1) is 0 Å². The van der Waals surface area contributed by atoms with Gasteiger partial charge in [-0.1, -0.05) is 17.7 Å². The van der Waals surface area contributed by atoms with Crippen LogP contribution in [0.1, 0.15) is 19.4 Å². The molecule has 3 nitrogen and oxygen atoms in total. The lowest BCUT2D eigenvalue weighted by Crippen LogP contribution is -2.30. The van der Waals surface area contributed by atoms with Crippen LogP contribution >= 0.6 is 11.6 Å². The lowest BCUT2D eigenvalue weighted by Gasteiger charge is -2.20. The topological polar surface area (TPSA) is 46.5 Å². The zero-order valence-corrected chi connectivity index (χ0v) is 10.3. The molecule has 1 aromatic rings. The van der Waals surface area contributed by atoms with Gasteiger partial charge in [0.25, 0.3) is 0 Å². The predicted molar refractivity (Wildman–Crippen MR) is 63.1 cm³/mol. The fourth-order valence-electron chi connectivity index (χ4n) is 1.05. The summed E-state index contributed by atoms with van der Waals surface area (Å²) in [6.45, 7) is 5.24. The van der Waals surface area contributed by atoms with Crippen molar-refractivity contribution in [2.45, 2.75) is 20.8 Å². The first-order valence-corrected chi connectivity index (χ1v) is 5.33. The first-order chi connectivity index (χ1) is 7.33. The number of aliphatic carboxylic acids is 1. The van der Waals surface area contributed by atoms with E-state index in [2.05, 4.69) is 0 Å². The van der Waals surface area contributed by atoms with E-state index in [4.69, 9.17) is 21.4 Å². The standard InChI is InChI=1S/C12H15ClO3/c1-8-4-5-9(13)6-10(8)16-7-12(2,3)11(14)15/h4-6H,7H2,1-3H3,(H,14,15). The van der Waals surface area contributed by atoms with Crippen molar-refractivity contribution in [2.75, 3.05) is 6.61 Å². The van der Waals surface area contributed by atoms with Crippen LogP contribution in [0.15, 0.2) is 18.2 Å². The molecule has 0 aliphatic carbocycles. The maximum absolute atomic E-state index is 10.9. The van der Waals surface area contributed by atoms with Crippen LogP contribution in [0, 0.1) is 12.3 Å². The van der Waals surface area contributed by atoms with Crippen molar-refractivity contribution >= 4 is 17.6 Å². The fourth-order valence-corrected chi connectivity index (χ4v) is 1.21. The normalized spacial score (nSPS) is 11.2. The smallest absolute Gasteiger partial charge is 0.312 e. The third-order valence-electron chi connectivity index (χ3n) is 2.32. The highest BCUT2D eigenvalue weighted by molar-refractivity contribution is 6.30. The molecule has 0 spiro atoms. The van der Waals surface area contributed by atoms with E-state index in [1.54, 1.807) is 26.0 Å². The van der Waals surface area contributed by atoms with Gasteiger partial charge in [0.05, 0.1) is 5.41 Å². The van der Waals surface area contributed by atoms with Gasteiger partial charge in [0.2, 0.25) is 0 Å². The molecule has 0 unspecified atom stereocenters. The quantitative estimate of drug-likeness (QED) is 0.882. The summed E-state index contributed by atoms with van der Waals surface area (Å²) in [7, 11) is 0. The zero-order chi connectivity index (χ0) is 12.3. The number of rotatable bonds is 4. The molecular formula is C12H15ClO3. The number of carbonyl (C=O) groups is 1. The molecule has 0 bridgehead atoms. The van der Waals surface area contributed by atoms with Gasteiger partial charge in [0.1, 0.15) is 12.4 Å². The van der Waals surface area contributed by atoms with E-state index in [-0.39, 0.29) is 6.61 Å². The van der Waals surface area contributed by atoms with E-state index < -0.39 is 11.4 Å². The summed E-state index contributed by atoms with van der Waals surface area (Å²) in [5.74, 6) is -0.256. The summed E-state index contributed by atoms with van der Waals surface area (Å²) in [5.41, 5.74) is 0.0278. The van der Waals surface area contributed by atoms with E-state index in [1.165, 1.54) is 0 Å². The van der Waals surface area contributed by atoms with Gasteiger partial charge in [-0.2, -0.15) is 0 Å². The SMILES string of the molecule is Cc1ccc(Cl)cc1OCC(C)(C)C(=O)O. The van der Waals surface area contributed by atoms with E-state index in [0.717, 1.165) is 5.56 Å². The lowest BCUT2D eigenvalue weighted by molar-refractivity contribution is -0.148. The van der Waals surface area contributed by atoms with Crippen LogP contribution in [0.4, 0.5) is 0 Å². The highest BCUT2D eigenvalue weighted by Gasteiger charge is 2.28. The molecule has 0 aliphatic heterocycles. The number of benzene rings is 1. The molecular weight excluding hydrogens is 228 g/mol.